The van der Waals surface area contributed by atoms with E-state index in [2.05, 4.69) is 97.7 Å². The molecule has 0 bridgehead atoms. The molecule has 0 saturated carbocycles. The van der Waals surface area contributed by atoms with Crippen molar-refractivity contribution in [3.8, 4) is 11.3 Å². The second kappa shape index (κ2) is 11.1. The monoisotopic (exact) mass is 471 g/mol. The van der Waals surface area contributed by atoms with E-state index in [1.165, 1.54) is 36.1 Å². The van der Waals surface area contributed by atoms with Gasteiger partial charge in [-0.2, -0.15) is 0 Å². The van der Waals surface area contributed by atoms with Gasteiger partial charge in [-0.3, -0.25) is 0 Å². The average molecular weight is 472 g/mol. The van der Waals surface area contributed by atoms with Crippen LogP contribution in [0.2, 0.25) is 0 Å². The molecule has 5 heteroatoms. The number of fused-ring (bicyclic) bond motifs is 4. The lowest BCUT2D eigenvalue weighted by atomic mass is 9.93. The summed E-state index contributed by atoms with van der Waals surface area (Å²) in [6.07, 6.45) is 15.7. The SMILES string of the molecule is C=C(CCCCC)NCCN1CC2=C(C=CCC=C2)c2c(nnn2C(C)(C)CC)-c2ccccc21. The summed E-state index contributed by atoms with van der Waals surface area (Å²) < 4.78 is 2.15. The second-order valence-corrected chi connectivity index (χ2v) is 10.3. The number of allylic oxidation sites excluding steroid dienone is 5. The van der Waals surface area contributed by atoms with Crippen molar-refractivity contribution >= 4 is 11.3 Å². The molecule has 0 unspecified atom stereocenters. The van der Waals surface area contributed by atoms with Crippen molar-refractivity contribution in [2.45, 2.75) is 71.8 Å². The Balaban J connectivity index is 1.73. The van der Waals surface area contributed by atoms with Crippen LogP contribution in [0.1, 0.15) is 71.9 Å². The van der Waals surface area contributed by atoms with Gasteiger partial charge in [-0.05, 0) is 51.2 Å². The molecule has 186 valence electrons. The smallest absolute Gasteiger partial charge is 0.123 e. The minimum absolute atomic E-state index is 0.127. The van der Waals surface area contributed by atoms with Crippen molar-refractivity contribution in [3.05, 3.63) is 72.1 Å². The van der Waals surface area contributed by atoms with Crippen molar-refractivity contribution in [3.63, 3.8) is 0 Å². The highest BCUT2D eigenvalue weighted by Crippen LogP contribution is 2.41. The number of anilines is 1. The van der Waals surface area contributed by atoms with Crippen LogP contribution < -0.4 is 10.2 Å². The van der Waals surface area contributed by atoms with Gasteiger partial charge in [0.1, 0.15) is 5.69 Å². The Bertz CT molecular complexity index is 1130. The number of benzene rings is 1. The zero-order valence-electron chi connectivity index (χ0n) is 22.0. The first kappa shape index (κ1) is 25.0. The van der Waals surface area contributed by atoms with E-state index in [9.17, 15) is 0 Å². The normalized spacial score (nSPS) is 15.1. The molecule has 0 radical (unpaired) electrons. The second-order valence-electron chi connectivity index (χ2n) is 10.3. The van der Waals surface area contributed by atoms with E-state index in [1.54, 1.807) is 0 Å². The minimum atomic E-state index is -0.127. The van der Waals surface area contributed by atoms with Crippen LogP contribution in [0.5, 0.6) is 0 Å². The maximum Gasteiger partial charge on any atom is 0.123 e. The molecule has 2 aliphatic rings. The van der Waals surface area contributed by atoms with Gasteiger partial charge in [0.15, 0.2) is 0 Å². The molecule has 2 aromatic rings. The fourth-order valence-electron chi connectivity index (χ4n) is 4.80. The molecule has 1 N–H and O–H groups in total. The molecule has 0 amide bonds. The molecule has 0 saturated heterocycles. The van der Waals surface area contributed by atoms with Crippen LogP contribution in [0.25, 0.3) is 16.8 Å². The molecule has 2 heterocycles. The Kier molecular flexibility index (Phi) is 7.94. The predicted octanol–water partition coefficient (Wildman–Crippen LogP) is 6.86. The largest absolute Gasteiger partial charge is 0.387 e. The summed E-state index contributed by atoms with van der Waals surface area (Å²) in [5, 5.41) is 13.1. The van der Waals surface area contributed by atoms with Crippen LogP contribution in [0, 0.1) is 0 Å². The first-order valence-corrected chi connectivity index (χ1v) is 13.2. The van der Waals surface area contributed by atoms with Crippen molar-refractivity contribution in [2.24, 2.45) is 0 Å². The van der Waals surface area contributed by atoms with Crippen LogP contribution in [0.3, 0.4) is 0 Å². The number of nitrogens with one attached hydrogen (secondary N) is 1. The first-order valence-electron chi connectivity index (χ1n) is 13.2. The summed E-state index contributed by atoms with van der Waals surface area (Å²) in [6, 6.07) is 8.65. The highest BCUT2D eigenvalue weighted by molar-refractivity contribution is 5.91. The maximum atomic E-state index is 4.78. The first-order chi connectivity index (χ1) is 17.0. The van der Waals surface area contributed by atoms with Crippen LogP contribution >= 0.6 is 0 Å². The lowest BCUT2D eigenvalue weighted by molar-refractivity contribution is 0.298. The summed E-state index contributed by atoms with van der Waals surface area (Å²) in [4.78, 5) is 2.48. The molecule has 1 aromatic heterocycles. The molecule has 0 fully saturated rings. The van der Waals surface area contributed by atoms with Crippen molar-refractivity contribution in [1.29, 1.82) is 0 Å². The summed E-state index contributed by atoms with van der Waals surface area (Å²) in [7, 11) is 0. The minimum Gasteiger partial charge on any atom is -0.387 e. The topological polar surface area (TPSA) is 46.0 Å². The Hall–Kier alpha value is -3.08. The number of hydrogen-bond acceptors (Lipinski definition) is 4. The number of hydrogen-bond donors (Lipinski definition) is 1. The molecule has 35 heavy (non-hydrogen) atoms. The van der Waals surface area contributed by atoms with Crippen molar-refractivity contribution in [2.75, 3.05) is 24.5 Å². The van der Waals surface area contributed by atoms with Gasteiger partial charge >= 0.3 is 0 Å². The molecule has 1 aliphatic heterocycles. The van der Waals surface area contributed by atoms with Gasteiger partial charge in [-0.15, -0.1) is 5.10 Å². The number of aromatic nitrogens is 3. The fourth-order valence-corrected chi connectivity index (χ4v) is 4.80. The van der Waals surface area contributed by atoms with Gasteiger partial charge in [0.25, 0.3) is 0 Å². The van der Waals surface area contributed by atoms with Gasteiger partial charge in [0, 0.05) is 42.2 Å². The zero-order valence-corrected chi connectivity index (χ0v) is 22.0. The Morgan fingerprint density at radius 2 is 1.91 bits per heavy atom. The van der Waals surface area contributed by atoms with Crippen LogP contribution in [-0.2, 0) is 5.54 Å². The highest BCUT2D eigenvalue weighted by atomic mass is 15.5. The van der Waals surface area contributed by atoms with Crippen LogP contribution in [0.4, 0.5) is 5.69 Å². The van der Waals surface area contributed by atoms with Crippen LogP contribution in [-0.4, -0.2) is 34.6 Å². The zero-order chi connectivity index (χ0) is 24.8. The molecule has 1 aliphatic carbocycles. The molecular weight excluding hydrogens is 430 g/mol. The third-order valence-electron chi connectivity index (χ3n) is 7.29. The van der Waals surface area contributed by atoms with E-state index in [-0.39, 0.29) is 5.54 Å². The summed E-state index contributed by atoms with van der Waals surface area (Å²) >= 11 is 0. The van der Waals surface area contributed by atoms with Gasteiger partial charge in [0.2, 0.25) is 0 Å². The van der Waals surface area contributed by atoms with E-state index >= 15 is 0 Å². The standard InChI is InChI=1S/C30H41N5/c1-6-8-10-15-23(3)31-20-21-34-22-24-16-11-9-12-17-25(24)29-28(26-18-13-14-19-27(26)34)32-33-35(29)30(4,5)7-2/h11-14,16-19,31H,3,6-10,15,20-22H2,1-2,4-5H3. The Morgan fingerprint density at radius 3 is 2.71 bits per heavy atom. The Morgan fingerprint density at radius 1 is 1.11 bits per heavy atom. The third kappa shape index (κ3) is 5.44. The lowest BCUT2D eigenvalue weighted by Gasteiger charge is -2.32. The van der Waals surface area contributed by atoms with Crippen molar-refractivity contribution < 1.29 is 0 Å². The summed E-state index contributed by atoms with van der Waals surface area (Å²) in [5.74, 6) is 0. The predicted molar refractivity (Wildman–Crippen MR) is 148 cm³/mol. The van der Waals surface area contributed by atoms with Gasteiger partial charge < -0.3 is 10.2 Å². The van der Waals surface area contributed by atoms with Gasteiger partial charge in [-0.25, -0.2) is 4.68 Å². The van der Waals surface area contributed by atoms with Crippen molar-refractivity contribution in [1.82, 2.24) is 20.3 Å². The van der Waals surface area contributed by atoms with Gasteiger partial charge in [-0.1, -0.05) is 81.0 Å². The van der Waals surface area contributed by atoms with E-state index in [0.717, 1.165) is 61.5 Å². The number of nitrogens with zero attached hydrogens (tertiary/aromatic N) is 4. The van der Waals surface area contributed by atoms with Crippen LogP contribution in [0.15, 0.2) is 66.4 Å². The molecular formula is C30H41N5. The third-order valence-corrected chi connectivity index (χ3v) is 7.29. The average Bonchev–Trinajstić information content (AvgIpc) is 3.17. The molecule has 0 atom stereocenters. The van der Waals surface area contributed by atoms with E-state index in [1.807, 2.05) is 0 Å². The van der Waals surface area contributed by atoms with E-state index < -0.39 is 0 Å². The fraction of sp³-hybridized carbons (Fsp3) is 0.467. The van der Waals surface area contributed by atoms with E-state index in [4.69, 9.17) is 10.3 Å². The molecule has 5 nitrogen and oxygen atoms in total. The molecule has 4 rings (SSSR count). The lowest BCUT2D eigenvalue weighted by Crippen LogP contribution is -2.34. The summed E-state index contributed by atoms with van der Waals surface area (Å²) in [5.41, 5.74) is 8.02. The summed E-state index contributed by atoms with van der Waals surface area (Å²) in [6.45, 7) is 15.8. The number of rotatable bonds is 10. The van der Waals surface area contributed by atoms with Gasteiger partial charge in [0.05, 0.1) is 11.2 Å². The number of unbranched alkanes of at least 4 members (excludes halogenated alkanes) is 2. The molecule has 0 spiro atoms. The number of para-hydroxylation sites is 1. The molecule has 1 aromatic carbocycles. The van der Waals surface area contributed by atoms with E-state index in [0.29, 0.717) is 0 Å². The quantitative estimate of drug-likeness (QED) is 0.384. The maximum absolute atomic E-state index is 4.78. The Labute approximate surface area is 211 Å². The highest BCUT2D eigenvalue weighted by Gasteiger charge is 2.31.